The van der Waals surface area contributed by atoms with Crippen LogP contribution in [0.3, 0.4) is 0 Å². The van der Waals surface area contributed by atoms with Gasteiger partial charge >= 0.3 is 0 Å². The molecule has 0 aliphatic rings. The second-order valence-corrected chi connectivity index (χ2v) is 4.80. The molecule has 0 heterocycles. The van der Waals surface area contributed by atoms with E-state index in [9.17, 15) is 4.79 Å². The minimum atomic E-state index is -0.248. The van der Waals surface area contributed by atoms with Crippen molar-refractivity contribution in [1.82, 2.24) is 0 Å². The lowest BCUT2D eigenvalue weighted by Gasteiger charge is -2.09. The number of halogens is 1. The normalized spacial score (nSPS) is 10.1. The van der Waals surface area contributed by atoms with Gasteiger partial charge in [0.1, 0.15) is 5.75 Å². The first-order valence-corrected chi connectivity index (χ1v) is 6.47. The Morgan fingerprint density at radius 2 is 2.10 bits per heavy atom. The van der Waals surface area contributed by atoms with E-state index in [1.807, 2.05) is 6.92 Å². The fourth-order valence-electron chi connectivity index (χ4n) is 1.65. The molecule has 1 amide bonds. The number of nitrogens with two attached hydrogens (primary N) is 1. The largest absolute Gasteiger partial charge is 0.484 e. The van der Waals surface area contributed by atoms with E-state index < -0.39 is 0 Å². The van der Waals surface area contributed by atoms with Gasteiger partial charge in [-0.25, -0.2) is 0 Å². The van der Waals surface area contributed by atoms with Crippen LogP contribution in [-0.2, 0) is 4.79 Å². The van der Waals surface area contributed by atoms with Crippen LogP contribution in [0.2, 0.25) is 5.02 Å². The van der Waals surface area contributed by atoms with Crippen molar-refractivity contribution >= 4 is 28.9 Å². The third-order valence-corrected chi connectivity index (χ3v) is 2.95. The van der Waals surface area contributed by atoms with Crippen LogP contribution in [0.15, 0.2) is 42.5 Å². The number of aryl methyl sites for hydroxylation is 1. The van der Waals surface area contributed by atoms with E-state index in [1.165, 1.54) is 0 Å². The van der Waals surface area contributed by atoms with Gasteiger partial charge in [-0.3, -0.25) is 4.79 Å². The van der Waals surface area contributed by atoms with Crippen LogP contribution >= 0.6 is 11.6 Å². The van der Waals surface area contributed by atoms with Crippen LogP contribution in [0.25, 0.3) is 0 Å². The molecule has 0 bridgehead atoms. The van der Waals surface area contributed by atoms with E-state index in [0.717, 1.165) is 5.56 Å². The second-order valence-electron chi connectivity index (χ2n) is 4.37. The molecule has 0 unspecified atom stereocenters. The Kier molecular flexibility index (Phi) is 4.48. The Morgan fingerprint density at radius 3 is 2.80 bits per heavy atom. The third-order valence-electron chi connectivity index (χ3n) is 2.72. The van der Waals surface area contributed by atoms with Crippen LogP contribution in [0, 0.1) is 6.92 Å². The van der Waals surface area contributed by atoms with Gasteiger partial charge < -0.3 is 15.8 Å². The van der Waals surface area contributed by atoms with Crippen LogP contribution in [0.5, 0.6) is 5.75 Å². The molecule has 0 saturated carbocycles. The lowest BCUT2D eigenvalue weighted by Crippen LogP contribution is -2.20. The number of hydrogen-bond acceptors (Lipinski definition) is 3. The zero-order chi connectivity index (χ0) is 14.5. The van der Waals surface area contributed by atoms with Crippen molar-refractivity contribution in [3.05, 3.63) is 53.1 Å². The van der Waals surface area contributed by atoms with Gasteiger partial charge in [0, 0.05) is 16.4 Å². The monoisotopic (exact) mass is 290 g/mol. The molecule has 2 rings (SSSR count). The van der Waals surface area contributed by atoms with Crippen molar-refractivity contribution in [2.24, 2.45) is 0 Å². The zero-order valence-electron chi connectivity index (χ0n) is 11.0. The van der Waals surface area contributed by atoms with Gasteiger partial charge in [0.05, 0.1) is 0 Å². The first kappa shape index (κ1) is 14.2. The molecule has 0 aliphatic heterocycles. The number of rotatable bonds is 4. The van der Waals surface area contributed by atoms with Gasteiger partial charge in [0.25, 0.3) is 5.91 Å². The molecule has 0 saturated heterocycles. The first-order valence-electron chi connectivity index (χ1n) is 6.09. The second kappa shape index (κ2) is 6.30. The Bertz CT molecular complexity index is 629. The Hall–Kier alpha value is -2.20. The summed E-state index contributed by atoms with van der Waals surface area (Å²) in [4.78, 5) is 11.7. The lowest BCUT2D eigenvalue weighted by molar-refractivity contribution is -0.118. The number of ether oxygens (including phenoxy) is 1. The summed E-state index contributed by atoms with van der Waals surface area (Å²) in [6.45, 7) is 1.81. The van der Waals surface area contributed by atoms with Gasteiger partial charge in [0.2, 0.25) is 0 Å². The van der Waals surface area contributed by atoms with Gasteiger partial charge in [-0.1, -0.05) is 17.7 Å². The minimum absolute atomic E-state index is 0.0735. The highest BCUT2D eigenvalue weighted by atomic mass is 35.5. The van der Waals surface area contributed by atoms with Crippen molar-refractivity contribution in [3.63, 3.8) is 0 Å². The topological polar surface area (TPSA) is 64.3 Å². The fraction of sp³-hybridized carbons (Fsp3) is 0.133. The van der Waals surface area contributed by atoms with Crippen LogP contribution < -0.4 is 15.8 Å². The molecule has 3 N–H and O–H groups in total. The molecule has 0 fully saturated rings. The van der Waals surface area contributed by atoms with Crippen molar-refractivity contribution < 1.29 is 9.53 Å². The number of nitrogens with one attached hydrogen (secondary N) is 1. The van der Waals surface area contributed by atoms with Gasteiger partial charge in [0.15, 0.2) is 6.61 Å². The summed E-state index contributed by atoms with van der Waals surface area (Å²) in [6, 6.07) is 12.2. The number of nitrogen functional groups attached to an aromatic ring is 1. The van der Waals surface area contributed by atoms with E-state index in [0.29, 0.717) is 22.1 Å². The summed E-state index contributed by atoms with van der Waals surface area (Å²) >= 11 is 5.84. The van der Waals surface area contributed by atoms with E-state index in [-0.39, 0.29) is 12.5 Å². The minimum Gasteiger partial charge on any atom is -0.484 e. The highest BCUT2D eigenvalue weighted by Gasteiger charge is 2.05. The number of amides is 1. The highest BCUT2D eigenvalue weighted by molar-refractivity contribution is 6.30. The average molecular weight is 291 g/mol. The summed E-state index contributed by atoms with van der Waals surface area (Å²) < 4.78 is 5.41. The van der Waals surface area contributed by atoms with Crippen LogP contribution in [-0.4, -0.2) is 12.5 Å². The molecule has 104 valence electrons. The van der Waals surface area contributed by atoms with E-state index in [2.05, 4.69) is 5.32 Å². The van der Waals surface area contributed by atoms with Crippen molar-refractivity contribution in [3.8, 4) is 5.75 Å². The smallest absolute Gasteiger partial charge is 0.262 e. The number of carbonyl (C=O) groups is 1. The number of anilines is 2. The molecule has 0 spiro atoms. The lowest BCUT2D eigenvalue weighted by atomic mass is 10.2. The molecule has 0 aliphatic carbocycles. The predicted molar refractivity (Wildman–Crippen MR) is 81.2 cm³/mol. The van der Waals surface area contributed by atoms with Gasteiger partial charge in [-0.15, -0.1) is 0 Å². The fourth-order valence-corrected chi connectivity index (χ4v) is 1.84. The maximum absolute atomic E-state index is 11.7. The molecule has 5 heteroatoms. The molecule has 20 heavy (non-hydrogen) atoms. The summed E-state index contributed by atoms with van der Waals surface area (Å²) in [6.07, 6.45) is 0. The average Bonchev–Trinajstić information content (AvgIpc) is 2.40. The van der Waals surface area contributed by atoms with Crippen LogP contribution in [0.4, 0.5) is 11.4 Å². The zero-order valence-corrected chi connectivity index (χ0v) is 11.8. The summed E-state index contributed by atoms with van der Waals surface area (Å²) in [5.41, 5.74) is 7.96. The maximum atomic E-state index is 11.7. The Balaban J connectivity index is 1.90. The van der Waals surface area contributed by atoms with Gasteiger partial charge in [-0.05, 0) is 48.9 Å². The Labute approximate surface area is 122 Å². The van der Waals surface area contributed by atoms with Crippen molar-refractivity contribution in [2.45, 2.75) is 6.92 Å². The van der Waals surface area contributed by atoms with E-state index in [1.54, 1.807) is 42.5 Å². The summed E-state index contributed by atoms with van der Waals surface area (Å²) in [7, 11) is 0. The number of benzene rings is 2. The van der Waals surface area contributed by atoms with Gasteiger partial charge in [-0.2, -0.15) is 0 Å². The van der Waals surface area contributed by atoms with Crippen LogP contribution in [0.1, 0.15) is 5.56 Å². The highest BCUT2D eigenvalue weighted by Crippen LogP contribution is 2.19. The van der Waals surface area contributed by atoms with E-state index >= 15 is 0 Å². The first-order chi connectivity index (χ1) is 9.54. The molecule has 0 atom stereocenters. The predicted octanol–water partition coefficient (Wildman–Crippen LogP) is 3.25. The molecule has 0 radical (unpaired) electrons. The molecule has 4 nitrogen and oxygen atoms in total. The third kappa shape index (κ3) is 3.90. The number of hydrogen-bond donors (Lipinski definition) is 2. The van der Waals surface area contributed by atoms with E-state index in [4.69, 9.17) is 22.1 Å². The number of carbonyl (C=O) groups excluding carboxylic acids is 1. The van der Waals surface area contributed by atoms with Crippen molar-refractivity contribution in [1.29, 1.82) is 0 Å². The molecule has 2 aromatic carbocycles. The standard InChI is InChI=1S/C15H15ClN2O2/c1-10-7-13(5-6-14(10)17)20-9-15(19)18-12-4-2-3-11(16)8-12/h2-8H,9,17H2,1H3,(H,18,19). The molecular formula is C15H15ClN2O2. The quantitative estimate of drug-likeness (QED) is 0.850. The molecule has 2 aromatic rings. The Morgan fingerprint density at radius 1 is 1.30 bits per heavy atom. The SMILES string of the molecule is Cc1cc(OCC(=O)Nc2cccc(Cl)c2)ccc1N. The summed E-state index contributed by atoms with van der Waals surface area (Å²) in [5, 5.41) is 3.27. The summed E-state index contributed by atoms with van der Waals surface area (Å²) in [5.74, 6) is 0.361. The molecule has 0 aromatic heterocycles. The van der Waals surface area contributed by atoms with Crippen molar-refractivity contribution in [2.75, 3.05) is 17.7 Å². The molecular weight excluding hydrogens is 276 g/mol. The maximum Gasteiger partial charge on any atom is 0.262 e.